The van der Waals surface area contributed by atoms with Gasteiger partial charge < -0.3 is 0 Å². The fraction of sp³-hybridized carbons (Fsp3) is 0.0625. The number of fused-ring (bicyclic) bond motifs is 1. The molecule has 110 valence electrons. The quantitative estimate of drug-likeness (QED) is 0.668. The zero-order valence-corrected chi connectivity index (χ0v) is 13.1. The number of hydrogen-bond donors (Lipinski definition) is 0. The maximum atomic E-state index is 12.5. The van der Waals surface area contributed by atoms with E-state index in [1.54, 1.807) is 43.3 Å². The first-order valence-corrected chi connectivity index (χ1v) is 7.29. The number of benzene rings is 2. The van der Waals surface area contributed by atoms with Gasteiger partial charge in [0.1, 0.15) is 5.82 Å². The van der Waals surface area contributed by atoms with Gasteiger partial charge in [0.25, 0.3) is 5.56 Å². The van der Waals surface area contributed by atoms with E-state index in [2.05, 4.69) is 10.1 Å². The molecule has 4 nitrogen and oxygen atoms in total. The van der Waals surface area contributed by atoms with Crippen molar-refractivity contribution in [2.75, 3.05) is 0 Å². The molecule has 0 aliphatic heterocycles. The third-order valence-corrected chi connectivity index (χ3v) is 3.75. The predicted octanol–water partition coefficient (Wildman–Crippen LogP) is 3.89. The minimum atomic E-state index is -0.218. The Bertz CT molecular complexity index is 948. The topological polar surface area (TPSA) is 47.2 Å². The van der Waals surface area contributed by atoms with Crippen LogP contribution in [0.1, 0.15) is 11.4 Å². The van der Waals surface area contributed by atoms with E-state index in [1.165, 1.54) is 10.9 Å². The molecule has 0 bridgehead atoms. The summed E-state index contributed by atoms with van der Waals surface area (Å²) in [7, 11) is 0. The molecule has 6 heteroatoms. The fourth-order valence-corrected chi connectivity index (χ4v) is 2.55. The average Bonchev–Trinajstić information content (AvgIpc) is 2.49. The zero-order chi connectivity index (χ0) is 15.7. The van der Waals surface area contributed by atoms with Crippen molar-refractivity contribution >= 4 is 40.3 Å². The summed E-state index contributed by atoms with van der Waals surface area (Å²) in [5, 5.41) is 5.74. The van der Waals surface area contributed by atoms with E-state index in [0.29, 0.717) is 32.3 Å². The summed E-state index contributed by atoms with van der Waals surface area (Å²) < 4.78 is 1.26. The Morgan fingerprint density at radius 1 is 1.18 bits per heavy atom. The van der Waals surface area contributed by atoms with Gasteiger partial charge >= 0.3 is 0 Å². The summed E-state index contributed by atoms with van der Waals surface area (Å²) in [6.07, 6.45) is 1.52. The Morgan fingerprint density at radius 2 is 1.95 bits per heavy atom. The third kappa shape index (κ3) is 2.75. The molecule has 0 atom stereocenters. The van der Waals surface area contributed by atoms with E-state index in [0.717, 1.165) is 0 Å². The molecule has 0 saturated heterocycles. The fourth-order valence-electron chi connectivity index (χ4n) is 2.10. The first-order valence-electron chi connectivity index (χ1n) is 6.54. The van der Waals surface area contributed by atoms with E-state index in [4.69, 9.17) is 23.2 Å². The Balaban J connectivity index is 2.11. The average molecular weight is 332 g/mol. The van der Waals surface area contributed by atoms with Gasteiger partial charge in [-0.15, -0.1) is 0 Å². The molecule has 0 radical (unpaired) electrons. The third-order valence-electron chi connectivity index (χ3n) is 3.19. The first kappa shape index (κ1) is 14.8. The highest BCUT2D eigenvalue weighted by atomic mass is 35.5. The highest BCUT2D eigenvalue weighted by Crippen LogP contribution is 2.19. The molecule has 0 saturated carbocycles. The molecule has 3 aromatic rings. The highest BCUT2D eigenvalue weighted by molar-refractivity contribution is 6.36. The SMILES string of the molecule is Cc1nc2ccccc2c(=O)n1/N=C/c1ccc(Cl)cc1Cl. The lowest BCUT2D eigenvalue weighted by Crippen LogP contribution is -2.20. The van der Waals surface area contributed by atoms with Crippen LogP contribution in [0.5, 0.6) is 0 Å². The van der Waals surface area contributed by atoms with Crippen LogP contribution in [-0.4, -0.2) is 15.9 Å². The zero-order valence-electron chi connectivity index (χ0n) is 11.6. The van der Waals surface area contributed by atoms with Gasteiger partial charge in [-0.05, 0) is 31.2 Å². The lowest BCUT2D eigenvalue weighted by atomic mass is 10.2. The Labute approximate surface area is 136 Å². The summed E-state index contributed by atoms with van der Waals surface area (Å²) in [4.78, 5) is 16.8. The number of nitrogens with zero attached hydrogens (tertiary/aromatic N) is 3. The van der Waals surface area contributed by atoms with Gasteiger partial charge in [-0.2, -0.15) is 9.78 Å². The van der Waals surface area contributed by atoms with Crippen LogP contribution in [0.25, 0.3) is 10.9 Å². The number of aryl methyl sites for hydroxylation is 1. The molecular formula is C16H11Cl2N3O. The van der Waals surface area contributed by atoms with Gasteiger partial charge in [-0.3, -0.25) is 4.79 Å². The van der Waals surface area contributed by atoms with Crippen molar-refractivity contribution in [1.29, 1.82) is 0 Å². The van der Waals surface area contributed by atoms with Gasteiger partial charge in [0.2, 0.25) is 0 Å². The minimum Gasteiger partial charge on any atom is -0.267 e. The molecule has 0 aliphatic carbocycles. The maximum absolute atomic E-state index is 12.5. The molecule has 0 fully saturated rings. The number of hydrogen-bond acceptors (Lipinski definition) is 3. The molecular weight excluding hydrogens is 321 g/mol. The van der Waals surface area contributed by atoms with Crippen LogP contribution in [0.2, 0.25) is 10.0 Å². The molecule has 0 amide bonds. The van der Waals surface area contributed by atoms with E-state index in [1.807, 2.05) is 6.07 Å². The van der Waals surface area contributed by atoms with Crippen LogP contribution in [-0.2, 0) is 0 Å². The largest absolute Gasteiger partial charge is 0.282 e. The second-order valence-electron chi connectivity index (χ2n) is 4.70. The molecule has 0 unspecified atom stereocenters. The molecule has 22 heavy (non-hydrogen) atoms. The van der Waals surface area contributed by atoms with Gasteiger partial charge in [-0.25, -0.2) is 4.98 Å². The second kappa shape index (κ2) is 5.91. The predicted molar refractivity (Wildman–Crippen MR) is 90.2 cm³/mol. The smallest absolute Gasteiger partial charge is 0.267 e. The van der Waals surface area contributed by atoms with Crippen molar-refractivity contribution in [2.24, 2.45) is 5.10 Å². The Morgan fingerprint density at radius 3 is 2.73 bits per heavy atom. The Hall–Kier alpha value is -2.17. The lowest BCUT2D eigenvalue weighted by Gasteiger charge is -2.05. The van der Waals surface area contributed by atoms with Crippen molar-refractivity contribution in [2.45, 2.75) is 6.92 Å². The standard InChI is InChI=1S/C16H11Cl2N3O/c1-10-20-15-5-3-2-4-13(15)16(22)21(10)19-9-11-6-7-12(17)8-14(11)18/h2-9H,1H3/b19-9+. The van der Waals surface area contributed by atoms with Gasteiger partial charge in [0, 0.05) is 10.6 Å². The normalized spacial score (nSPS) is 11.4. The van der Waals surface area contributed by atoms with Crippen LogP contribution < -0.4 is 5.56 Å². The van der Waals surface area contributed by atoms with Gasteiger partial charge in [0.05, 0.1) is 22.1 Å². The van der Waals surface area contributed by atoms with E-state index in [9.17, 15) is 4.79 Å². The Kier molecular flexibility index (Phi) is 3.96. The first-order chi connectivity index (χ1) is 10.6. The monoisotopic (exact) mass is 331 g/mol. The molecule has 1 aromatic heterocycles. The maximum Gasteiger partial charge on any atom is 0.282 e. The number of para-hydroxylation sites is 1. The molecule has 0 N–H and O–H groups in total. The van der Waals surface area contributed by atoms with Gasteiger partial charge in [-0.1, -0.05) is 41.4 Å². The van der Waals surface area contributed by atoms with Crippen LogP contribution in [0.3, 0.4) is 0 Å². The van der Waals surface area contributed by atoms with Gasteiger partial charge in [0.15, 0.2) is 0 Å². The molecule has 1 heterocycles. The summed E-state index contributed by atoms with van der Waals surface area (Å²) in [6, 6.07) is 12.2. The van der Waals surface area contributed by atoms with E-state index < -0.39 is 0 Å². The van der Waals surface area contributed by atoms with Crippen LogP contribution in [0.4, 0.5) is 0 Å². The second-order valence-corrected chi connectivity index (χ2v) is 5.55. The lowest BCUT2D eigenvalue weighted by molar-refractivity contribution is 0.771. The van der Waals surface area contributed by atoms with Crippen molar-refractivity contribution in [1.82, 2.24) is 9.66 Å². The van der Waals surface area contributed by atoms with Crippen molar-refractivity contribution < 1.29 is 0 Å². The van der Waals surface area contributed by atoms with E-state index in [-0.39, 0.29) is 5.56 Å². The summed E-state index contributed by atoms with van der Waals surface area (Å²) in [5.74, 6) is 0.505. The molecule has 0 spiro atoms. The molecule has 3 rings (SSSR count). The number of halogens is 2. The summed E-state index contributed by atoms with van der Waals surface area (Å²) >= 11 is 11.9. The summed E-state index contributed by atoms with van der Waals surface area (Å²) in [6.45, 7) is 1.73. The number of rotatable bonds is 2. The van der Waals surface area contributed by atoms with Crippen LogP contribution in [0.15, 0.2) is 52.4 Å². The van der Waals surface area contributed by atoms with Crippen molar-refractivity contribution in [3.05, 3.63) is 74.3 Å². The number of aromatic nitrogens is 2. The van der Waals surface area contributed by atoms with Crippen molar-refractivity contribution in [3.8, 4) is 0 Å². The molecule has 2 aromatic carbocycles. The summed E-state index contributed by atoms with van der Waals surface area (Å²) in [5.41, 5.74) is 1.11. The highest BCUT2D eigenvalue weighted by Gasteiger charge is 2.06. The van der Waals surface area contributed by atoms with E-state index >= 15 is 0 Å². The van der Waals surface area contributed by atoms with Crippen molar-refractivity contribution in [3.63, 3.8) is 0 Å². The van der Waals surface area contributed by atoms with Crippen LogP contribution in [0, 0.1) is 6.92 Å². The minimum absolute atomic E-state index is 0.218. The molecule has 0 aliphatic rings. The van der Waals surface area contributed by atoms with Crippen LogP contribution >= 0.6 is 23.2 Å².